The Balaban J connectivity index is 1.75. The molecule has 0 bridgehead atoms. The van der Waals surface area contributed by atoms with Gasteiger partial charge in [-0.3, -0.25) is 0 Å². The molecular formula is C19H22N2O3S3. The maximum Gasteiger partial charge on any atom is 0.250 e. The standard InChI is InChI=1S/C19H22N2O3S3/c1-19(2,3)16-12-26-18(21-16)14-9-17(25-11-14)27(22,23)20-10-13-6-5-7-15(8-13)24-4/h5-9,11-12,20H,10H2,1-4H3. The van der Waals surface area contributed by atoms with Crippen molar-refractivity contribution in [1.82, 2.24) is 9.71 Å². The second kappa shape index (κ2) is 7.71. The van der Waals surface area contributed by atoms with Crippen molar-refractivity contribution in [1.29, 1.82) is 0 Å². The molecule has 0 unspecified atom stereocenters. The van der Waals surface area contributed by atoms with Crippen LogP contribution in [-0.4, -0.2) is 20.5 Å². The van der Waals surface area contributed by atoms with Crippen molar-refractivity contribution in [3.8, 4) is 16.3 Å². The van der Waals surface area contributed by atoms with Gasteiger partial charge in [-0.05, 0) is 23.8 Å². The lowest BCUT2D eigenvalue weighted by atomic mass is 9.93. The molecule has 0 fully saturated rings. The average Bonchev–Trinajstić information content (AvgIpc) is 3.29. The van der Waals surface area contributed by atoms with E-state index in [1.165, 1.54) is 22.7 Å². The van der Waals surface area contributed by atoms with Gasteiger partial charge in [-0.1, -0.05) is 32.9 Å². The van der Waals surface area contributed by atoms with E-state index < -0.39 is 10.0 Å². The summed E-state index contributed by atoms with van der Waals surface area (Å²) in [6.07, 6.45) is 0. The van der Waals surface area contributed by atoms with Crippen LogP contribution in [0.15, 0.2) is 45.3 Å². The SMILES string of the molecule is COc1cccc(CNS(=O)(=O)c2cc(-c3nc(C(C)(C)C)cs3)cs2)c1. The number of sulfonamides is 1. The number of hydrogen-bond acceptors (Lipinski definition) is 6. The van der Waals surface area contributed by atoms with Crippen LogP contribution >= 0.6 is 22.7 Å². The lowest BCUT2D eigenvalue weighted by Gasteiger charge is -2.14. The highest BCUT2D eigenvalue weighted by Crippen LogP contribution is 2.33. The smallest absolute Gasteiger partial charge is 0.250 e. The molecule has 0 aliphatic carbocycles. The predicted octanol–water partition coefficient (Wildman–Crippen LogP) is 4.66. The van der Waals surface area contributed by atoms with Gasteiger partial charge in [0.15, 0.2) is 0 Å². The van der Waals surface area contributed by atoms with Gasteiger partial charge in [0.2, 0.25) is 10.0 Å². The highest BCUT2D eigenvalue weighted by atomic mass is 32.2. The van der Waals surface area contributed by atoms with Crippen molar-refractivity contribution in [2.75, 3.05) is 7.11 Å². The van der Waals surface area contributed by atoms with Gasteiger partial charge in [-0.15, -0.1) is 22.7 Å². The van der Waals surface area contributed by atoms with Crippen LogP contribution < -0.4 is 9.46 Å². The molecule has 0 aliphatic rings. The normalized spacial score (nSPS) is 12.3. The summed E-state index contributed by atoms with van der Waals surface area (Å²) in [5.41, 5.74) is 2.65. The number of ether oxygens (including phenoxy) is 1. The molecule has 8 heteroatoms. The molecule has 27 heavy (non-hydrogen) atoms. The number of nitrogens with one attached hydrogen (secondary N) is 1. The number of methoxy groups -OCH3 is 1. The van der Waals surface area contributed by atoms with Crippen LogP contribution in [0.1, 0.15) is 32.0 Å². The molecule has 3 rings (SSSR count). The average molecular weight is 423 g/mol. The Bertz CT molecular complexity index is 1030. The Morgan fingerprint density at radius 2 is 1.93 bits per heavy atom. The van der Waals surface area contributed by atoms with Crippen LogP contribution in [0.3, 0.4) is 0 Å². The molecule has 5 nitrogen and oxygen atoms in total. The zero-order valence-corrected chi connectivity index (χ0v) is 18.1. The Labute approximate surface area is 168 Å². The summed E-state index contributed by atoms with van der Waals surface area (Å²) in [5, 5.41) is 4.71. The molecule has 144 valence electrons. The van der Waals surface area contributed by atoms with Crippen molar-refractivity contribution < 1.29 is 13.2 Å². The first-order valence-corrected chi connectivity index (χ1v) is 11.6. The van der Waals surface area contributed by atoms with E-state index in [0.717, 1.165) is 21.8 Å². The fourth-order valence-corrected chi connectivity index (χ4v) is 5.69. The van der Waals surface area contributed by atoms with Crippen molar-refractivity contribution in [3.63, 3.8) is 0 Å². The molecule has 2 heterocycles. The third-order valence-electron chi connectivity index (χ3n) is 3.96. The molecule has 0 radical (unpaired) electrons. The molecule has 0 saturated carbocycles. The van der Waals surface area contributed by atoms with Crippen LogP contribution in [0.2, 0.25) is 0 Å². The van der Waals surface area contributed by atoms with Crippen molar-refractivity contribution in [3.05, 3.63) is 52.3 Å². The summed E-state index contributed by atoms with van der Waals surface area (Å²) >= 11 is 2.74. The Hall–Kier alpha value is -1.74. The summed E-state index contributed by atoms with van der Waals surface area (Å²) in [6, 6.07) is 9.01. The summed E-state index contributed by atoms with van der Waals surface area (Å²) in [5.74, 6) is 0.698. The van der Waals surface area contributed by atoms with Crippen LogP contribution in [0, 0.1) is 0 Å². The lowest BCUT2D eigenvalue weighted by molar-refractivity contribution is 0.414. The minimum absolute atomic E-state index is 0.0298. The van der Waals surface area contributed by atoms with Gasteiger partial charge in [-0.25, -0.2) is 18.1 Å². The quantitative estimate of drug-likeness (QED) is 0.627. The van der Waals surface area contributed by atoms with Crippen LogP contribution in [-0.2, 0) is 22.0 Å². The topological polar surface area (TPSA) is 68.3 Å². The van der Waals surface area contributed by atoms with E-state index in [-0.39, 0.29) is 16.2 Å². The molecule has 1 aromatic carbocycles. The Kier molecular flexibility index (Phi) is 5.71. The Morgan fingerprint density at radius 3 is 2.59 bits per heavy atom. The molecule has 0 amide bonds. The van der Waals surface area contributed by atoms with Crippen LogP contribution in [0.25, 0.3) is 10.6 Å². The van der Waals surface area contributed by atoms with Gasteiger partial charge in [0.1, 0.15) is 15.0 Å². The Morgan fingerprint density at radius 1 is 1.15 bits per heavy atom. The number of nitrogens with zero attached hydrogens (tertiary/aromatic N) is 1. The van der Waals surface area contributed by atoms with Crippen molar-refractivity contribution in [2.45, 2.75) is 36.9 Å². The third-order valence-corrected chi connectivity index (χ3v) is 7.69. The molecule has 0 saturated heterocycles. The van der Waals surface area contributed by atoms with E-state index in [4.69, 9.17) is 4.74 Å². The summed E-state index contributed by atoms with van der Waals surface area (Å²) in [7, 11) is -2.00. The van der Waals surface area contributed by atoms with E-state index in [9.17, 15) is 8.42 Å². The fraction of sp³-hybridized carbons (Fsp3) is 0.316. The van der Waals surface area contributed by atoms with Gasteiger partial charge in [0.05, 0.1) is 12.8 Å². The number of rotatable bonds is 6. The van der Waals surface area contributed by atoms with E-state index in [0.29, 0.717) is 5.75 Å². The zero-order chi connectivity index (χ0) is 19.7. The largest absolute Gasteiger partial charge is 0.497 e. The maximum absolute atomic E-state index is 12.6. The predicted molar refractivity (Wildman–Crippen MR) is 111 cm³/mol. The minimum Gasteiger partial charge on any atom is -0.497 e. The molecule has 0 aliphatic heterocycles. The second-order valence-electron chi connectivity index (χ2n) is 7.12. The van der Waals surface area contributed by atoms with Gasteiger partial charge < -0.3 is 4.74 Å². The maximum atomic E-state index is 12.6. The number of benzene rings is 1. The van der Waals surface area contributed by atoms with E-state index in [1.807, 2.05) is 35.0 Å². The monoisotopic (exact) mass is 422 g/mol. The summed E-state index contributed by atoms with van der Waals surface area (Å²) in [4.78, 5) is 4.66. The highest BCUT2D eigenvalue weighted by Gasteiger charge is 2.21. The fourth-order valence-electron chi connectivity index (χ4n) is 2.35. The molecule has 0 atom stereocenters. The van der Waals surface area contributed by atoms with Gasteiger partial charge in [-0.2, -0.15) is 0 Å². The van der Waals surface area contributed by atoms with Gasteiger partial charge in [0.25, 0.3) is 0 Å². The number of aromatic nitrogens is 1. The van der Waals surface area contributed by atoms with Crippen LogP contribution in [0.4, 0.5) is 0 Å². The molecular weight excluding hydrogens is 400 g/mol. The first kappa shape index (κ1) is 20.0. The second-order valence-corrected chi connectivity index (χ2v) is 10.9. The molecule has 1 N–H and O–H groups in total. The lowest BCUT2D eigenvalue weighted by Crippen LogP contribution is -2.22. The van der Waals surface area contributed by atoms with Gasteiger partial charge >= 0.3 is 0 Å². The third kappa shape index (κ3) is 4.76. The number of hydrogen-bond donors (Lipinski definition) is 1. The van der Waals surface area contributed by atoms with Crippen LogP contribution in [0.5, 0.6) is 5.75 Å². The molecule has 2 aromatic heterocycles. The molecule has 3 aromatic rings. The highest BCUT2D eigenvalue weighted by molar-refractivity contribution is 7.91. The van der Waals surface area contributed by atoms with E-state index in [2.05, 4.69) is 30.5 Å². The molecule has 0 spiro atoms. The number of thiazole rings is 1. The van der Waals surface area contributed by atoms with Crippen molar-refractivity contribution >= 4 is 32.7 Å². The first-order valence-electron chi connectivity index (χ1n) is 8.36. The summed E-state index contributed by atoms with van der Waals surface area (Å²) < 4.78 is 33.3. The van der Waals surface area contributed by atoms with E-state index >= 15 is 0 Å². The van der Waals surface area contributed by atoms with Crippen molar-refractivity contribution in [2.24, 2.45) is 0 Å². The minimum atomic E-state index is -3.58. The first-order chi connectivity index (χ1) is 12.7. The number of thiophene rings is 1. The van der Waals surface area contributed by atoms with Gasteiger partial charge in [0, 0.05) is 28.3 Å². The van der Waals surface area contributed by atoms with E-state index in [1.54, 1.807) is 13.2 Å². The zero-order valence-electron chi connectivity index (χ0n) is 15.6. The summed E-state index contributed by atoms with van der Waals surface area (Å²) in [6.45, 7) is 6.53.